The zero-order valence-electron chi connectivity index (χ0n) is 9.06. The molecule has 0 atom stereocenters. The molecule has 0 fully saturated rings. The second kappa shape index (κ2) is 25.5. The summed E-state index contributed by atoms with van der Waals surface area (Å²) >= 11 is -0.181. The first-order valence-corrected chi connectivity index (χ1v) is 7.36. The quantitative estimate of drug-likeness (QED) is 0.541. The fourth-order valence-electron chi connectivity index (χ4n) is 0.555. The van der Waals surface area contributed by atoms with Crippen molar-refractivity contribution in [1.82, 2.24) is 9.97 Å². The van der Waals surface area contributed by atoms with E-state index in [0.29, 0.717) is 0 Å². The molecule has 4 N–H and O–H groups in total. The maximum atomic E-state index is 4.83. The van der Waals surface area contributed by atoms with Gasteiger partial charge < -0.3 is 33.3 Å². The molecule has 2 rings (SSSR count). The normalized spacial score (nSPS) is 6.11. The molecule has 0 saturated heterocycles. The number of nitrogens with zero attached hydrogens (tertiary/aromatic N) is 2. The molecule has 0 aromatic carbocycles. The fourth-order valence-corrected chi connectivity index (χ4v) is 0.555. The maximum absolute atomic E-state index is 4.83. The fraction of sp³-hybridized carbons (Fsp3) is 0. The molecule has 0 radical (unpaired) electrons. The van der Waals surface area contributed by atoms with Gasteiger partial charge in [0.25, 0.3) is 0 Å². The molecule has 4 nitrogen and oxygen atoms in total. The Hall–Kier alpha value is -0.378. The molecular weight excluding hydrogens is 338 g/mol. The number of aromatic nitrogens is 2. The molecule has 0 amide bonds. The molecule has 2 aromatic heterocycles. The van der Waals surface area contributed by atoms with E-state index in [4.69, 9.17) is 20.1 Å². The average molecular weight is 351 g/mol. The van der Waals surface area contributed by atoms with E-state index >= 15 is 0 Å². The number of hydrogen-bond acceptors (Lipinski definition) is 2. The van der Waals surface area contributed by atoms with Crippen molar-refractivity contribution in [2.24, 2.45) is 0 Å². The van der Waals surface area contributed by atoms with E-state index in [1.54, 1.807) is 24.5 Å². The van der Waals surface area contributed by atoms with Crippen molar-refractivity contribution in [3.8, 4) is 0 Å². The summed E-state index contributed by atoms with van der Waals surface area (Å²) in [5, 5.41) is 0. The van der Waals surface area contributed by atoms with Crippen LogP contribution in [0, 0.1) is 12.4 Å². The second-order valence-corrected chi connectivity index (χ2v) is 4.08. The van der Waals surface area contributed by atoms with E-state index in [0.717, 1.165) is 0 Å². The summed E-state index contributed by atoms with van der Waals surface area (Å²) in [4.78, 5) is 7.32. The van der Waals surface area contributed by atoms with E-state index in [1.807, 2.05) is 24.3 Å². The topological polar surface area (TPSA) is 88.8 Å². The summed E-state index contributed by atoms with van der Waals surface area (Å²) in [7, 11) is 9.65. The molecule has 0 aliphatic heterocycles. The van der Waals surface area contributed by atoms with Crippen LogP contribution in [0.5, 0.6) is 0 Å². The molecule has 0 aliphatic carbocycles. The van der Waals surface area contributed by atoms with Gasteiger partial charge in [-0.15, -0.1) is 0 Å². The van der Waals surface area contributed by atoms with E-state index in [9.17, 15) is 0 Å². The summed E-state index contributed by atoms with van der Waals surface area (Å²) in [5.74, 6) is 0. The van der Waals surface area contributed by atoms with Gasteiger partial charge in [0.15, 0.2) is 0 Å². The van der Waals surface area contributed by atoms with Gasteiger partial charge in [0.05, 0.1) is 0 Å². The Morgan fingerprint density at radius 2 is 1.11 bits per heavy atom. The monoisotopic (exact) mass is 349 g/mol. The summed E-state index contributed by atoms with van der Waals surface area (Å²) in [6, 6.07) is 11.0. The summed E-state index contributed by atoms with van der Waals surface area (Å²) in [6.45, 7) is 0. The third-order valence-electron chi connectivity index (χ3n) is 1.03. The van der Waals surface area contributed by atoms with Gasteiger partial charge in [-0.3, -0.25) is 0 Å². The van der Waals surface area contributed by atoms with E-state index < -0.39 is 0 Å². The van der Waals surface area contributed by atoms with Gasteiger partial charge in [0.1, 0.15) is 0 Å². The Kier molecular flexibility index (Phi) is 37.1. The molecule has 0 unspecified atom stereocenters. The summed E-state index contributed by atoms with van der Waals surface area (Å²) in [6.07, 6.45) is 8.67. The molecule has 103 valence electrons. The molecule has 0 aliphatic rings. The van der Waals surface area contributed by atoms with Gasteiger partial charge in [0, 0.05) is 0 Å². The predicted octanol–water partition coefficient (Wildman–Crippen LogP) is -1.51. The Labute approximate surface area is 128 Å². The van der Waals surface area contributed by atoms with Crippen LogP contribution in [0.1, 0.15) is 0 Å². The minimum absolute atomic E-state index is 0. The van der Waals surface area contributed by atoms with Gasteiger partial charge in [-0.2, -0.15) is 36.4 Å². The van der Waals surface area contributed by atoms with Crippen LogP contribution < -0.4 is 12.4 Å². The third kappa shape index (κ3) is 24.7. The molecule has 18 heavy (non-hydrogen) atoms. The van der Waals surface area contributed by atoms with Crippen molar-refractivity contribution >= 4 is 20.1 Å². The van der Waals surface area contributed by atoms with Crippen LogP contribution >= 0.6 is 20.1 Å². The van der Waals surface area contributed by atoms with Gasteiger partial charge in [-0.25, -0.2) is 0 Å². The van der Waals surface area contributed by atoms with Gasteiger partial charge >= 0.3 is 33.5 Å². The van der Waals surface area contributed by atoms with Crippen molar-refractivity contribution in [2.75, 3.05) is 0 Å². The van der Waals surface area contributed by atoms with Gasteiger partial charge in [-0.1, -0.05) is 24.8 Å². The number of hydrogen-bond donors (Lipinski definition) is 0. The molecule has 0 saturated carbocycles. The first-order chi connectivity index (χ1) is 7.41. The SMILES string of the molecule is O.O.[Cl-].[Cl][Cr+][Cl].[c-]1ccccn1.[c-]1ccccn1. The minimum atomic E-state index is -0.181. The van der Waals surface area contributed by atoms with Gasteiger partial charge in [-0.05, 0) is 0 Å². The molecule has 8 heteroatoms. The molecular formula is C10H12Cl3CrN2O2-2. The van der Waals surface area contributed by atoms with E-state index in [1.165, 1.54) is 0 Å². The number of rotatable bonds is 0. The van der Waals surface area contributed by atoms with Crippen LogP contribution in [-0.2, 0) is 13.4 Å². The van der Waals surface area contributed by atoms with E-state index in [2.05, 4.69) is 22.4 Å². The average Bonchev–Trinajstić information content (AvgIpc) is 2.35. The van der Waals surface area contributed by atoms with Crippen molar-refractivity contribution in [3.63, 3.8) is 0 Å². The Morgan fingerprint density at radius 3 is 1.17 bits per heavy atom. The van der Waals surface area contributed by atoms with Crippen LogP contribution in [0.2, 0.25) is 0 Å². The number of halogens is 3. The largest absolute Gasteiger partial charge is 0.394 e. The smallest absolute Gasteiger partial charge is 0.0813 e. The standard InChI is InChI=1S/2C5H4N.3ClH.Cr.2H2O/c2*1-2-4-6-5-3-1;;;;;;/h2*1-4H;3*1H;;2*1H2/q2*-1;;;;+3;;/p-3. The van der Waals surface area contributed by atoms with Gasteiger partial charge in [0.2, 0.25) is 0 Å². The molecule has 0 spiro atoms. The van der Waals surface area contributed by atoms with Crippen LogP contribution in [0.4, 0.5) is 0 Å². The van der Waals surface area contributed by atoms with Crippen LogP contribution in [0.3, 0.4) is 0 Å². The van der Waals surface area contributed by atoms with Crippen molar-refractivity contribution < 1.29 is 36.7 Å². The first-order valence-electron chi connectivity index (χ1n) is 3.85. The minimum Gasteiger partial charge on any atom is -0.394 e. The van der Waals surface area contributed by atoms with Crippen molar-refractivity contribution in [2.45, 2.75) is 0 Å². The zero-order valence-corrected chi connectivity index (χ0v) is 12.6. The van der Waals surface area contributed by atoms with Crippen molar-refractivity contribution in [1.29, 1.82) is 0 Å². The summed E-state index contributed by atoms with van der Waals surface area (Å²) in [5.41, 5.74) is 0. The number of pyridine rings is 2. The summed E-state index contributed by atoms with van der Waals surface area (Å²) < 4.78 is 0. The molecule has 2 aromatic rings. The van der Waals surface area contributed by atoms with Crippen LogP contribution in [0.25, 0.3) is 0 Å². The maximum Gasteiger partial charge on any atom is -0.0813 e. The van der Waals surface area contributed by atoms with E-state index in [-0.39, 0.29) is 36.7 Å². The molecule has 0 bridgehead atoms. The van der Waals surface area contributed by atoms with Crippen LogP contribution in [0.15, 0.2) is 48.8 Å². The predicted molar refractivity (Wildman–Crippen MR) is 65.1 cm³/mol. The zero-order chi connectivity index (χ0) is 11.2. The Balaban J connectivity index is -0.0000000793. The Bertz CT molecular complexity index is 221. The Morgan fingerprint density at radius 1 is 0.778 bits per heavy atom. The van der Waals surface area contributed by atoms with Crippen LogP contribution in [-0.4, -0.2) is 20.9 Å². The second-order valence-electron chi connectivity index (χ2n) is 1.98. The third-order valence-corrected chi connectivity index (χ3v) is 1.03. The van der Waals surface area contributed by atoms with Crippen molar-refractivity contribution in [3.05, 3.63) is 61.2 Å². The first kappa shape index (κ1) is 26.2. The molecule has 2 heterocycles.